The molecule has 1 aromatic heterocycles. The number of anilines is 1. The molecule has 0 amide bonds. The van der Waals surface area contributed by atoms with Crippen LogP contribution in [0.2, 0.25) is 0 Å². The van der Waals surface area contributed by atoms with Crippen LogP contribution in [0.25, 0.3) is 10.1 Å². The topological polar surface area (TPSA) is 74.7 Å². The first-order valence-electron chi connectivity index (χ1n) is 8.25. The van der Waals surface area contributed by atoms with E-state index in [1.165, 1.54) is 39.9 Å². The monoisotopic (exact) mass is 467 g/mol. The van der Waals surface area contributed by atoms with E-state index in [0.717, 1.165) is 14.6 Å². The Kier molecular flexibility index (Phi) is 5.60. The van der Waals surface area contributed by atoms with Gasteiger partial charge in [-0.1, -0.05) is 32.0 Å². The number of fused-ring (bicyclic) bond motifs is 1. The van der Waals surface area contributed by atoms with E-state index in [4.69, 9.17) is 5.11 Å². The Balaban J connectivity index is 2.13. The molecule has 0 radical (unpaired) electrons. The van der Waals surface area contributed by atoms with E-state index < -0.39 is 16.0 Å². The Hall–Kier alpha value is -1.90. The summed E-state index contributed by atoms with van der Waals surface area (Å²) in [5.41, 5.74) is 0.0485. The number of halogens is 1. The maximum atomic E-state index is 13.3. The Morgan fingerprint density at radius 3 is 2.33 bits per heavy atom. The summed E-state index contributed by atoms with van der Waals surface area (Å²) in [4.78, 5) is 11.1. The first-order valence-corrected chi connectivity index (χ1v) is 11.3. The molecule has 5 nitrogen and oxygen atoms in total. The van der Waals surface area contributed by atoms with Crippen LogP contribution in [0.1, 0.15) is 24.2 Å². The predicted molar refractivity (Wildman–Crippen MR) is 112 cm³/mol. The molecule has 0 bridgehead atoms. The third-order valence-electron chi connectivity index (χ3n) is 3.96. The molecule has 0 fully saturated rings. The van der Waals surface area contributed by atoms with Crippen LogP contribution in [-0.2, 0) is 10.0 Å². The molecule has 0 saturated heterocycles. The molecule has 2 aromatic carbocycles. The maximum Gasteiger partial charge on any atom is 0.335 e. The van der Waals surface area contributed by atoms with Gasteiger partial charge in [-0.15, -0.1) is 11.3 Å². The molecule has 142 valence electrons. The van der Waals surface area contributed by atoms with Gasteiger partial charge in [-0.05, 0) is 52.2 Å². The third kappa shape index (κ3) is 3.88. The van der Waals surface area contributed by atoms with Crippen molar-refractivity contribution in [3.05, 3.63) is 58.6 Å². The van der Waals surface area contributed by atoms with Crippen LogP contribution in [0.4, 0.5) is 5.00 Å². The van der Waals surface area contributed by atoms with Crippen molar-refractivity contribution >= 4 is 58.3 Å². The first kappa shape index (κ1) is 19.9. The third-order valence-corrected chi connectivity index (χ3v) is 8.12. The van der Waals surface area contributed by atoms with Crippen LogP contribution in [0.5, 0.6) is 0 Å². The lowest BCUT2D eigenvalue weighted by Gasteiger charge is -2.25. The summed E-state index contributed by atoms with van der Waals surface area (Å²) in [6, 6.07) is 13.0. The fourth-order valence-electron chi connectivity index (χ4n) is 2.68. The molecule has 0 saturated carbocycles. The molecule has 0 aliphatic rings. The van der Waals surface area contributed by atoms with Gasteiger partial charge in [0.15, 0.2) is 0 Å². The van der Waals surface area contributed by atoms with Gasteiger partial charge < -0.3 is 5.11 Å². The van der Waals surface area contributed by atoms with Crippen molar-refractivity contribution in [3.63, 3.8) is 0 Å². The van der Waals surface area contributed by atoms with Gasteiger partial charge in [0.05, 0.1) is 14.9 Å². The smallest absolute Gasteiger partial charge is 0.335 e. The second kappa shape index (κ2) is 7.61. The highest BCUT2D eigenvalue weighted by atomic mass is 79.9. The van der Waals surface area contributed by atoms with Gasteiger partial charge in [0, 0.05) is 16.6 Å². The number of carboxylic acids is 1. The average molecular weight is 468 g/mol. The van der Waals surface area contributed by atoms with E-state index in [2.05, 4.69) is 15.9 Å². The first-order chi connectivity index (χ1) is 12.7. The lowest BCUT2D eigenvalue weighted by atomic mass is 10.2. The minimum absolute atomic E-state index is 0.0485. The number of sulfonamides is 1. The van der Waals surface area contributed by atoms with Crippen molar-refractivity contribution in [1.29, 1.82) is 0 Å². The second-order valence-corrected chi connectivity index (χ2v) is 10.2. The number of hydrogen-bond donors (Lipinski definition) is 1. The zero-order valence-electron chi connectivity index (χ0n) is 14.7. The van der Waals surface area contributed by atoms with E-state index in [0.29, 0.717) is 11.5 Å². The normalized spacial score (nSPS) is 11.9. The van der Waals surface area contributed by atoms with Gasteiger partial charge >= 0.3 is 5.97 Å². The van der Waals surface area contributed by atoms with Gasteiger partial charge in [0.25, 0.3) is 10.0 Å². The number of benzene rings is 2. The standard InChI is InChI=1S/C19H18BrNO4S2/c1-12(2)11-21(18-17(20)15-5-3-4-6-16(15)26-18)27(24,25)14-9-7-13(8-10-14)19(22)23/h3-10,12H,11H2,1-2H3,(H,22,23). The van der Waals surface area contributed by atoms with E-state index in [9.17, 15) is 13.2 Å². The van der Waals surface area contributed by atoms with E-state index in [-0.39, 0.29) is 16.4 Å². The van der Waals surface area contributed by atoms with Gasteiger partial charge in [-0.25, -0.2) is 13.2 Å². The quantitative estimate of drug-likeness (QED) is 0.539. The van der Waals surface area contributed by atoms with E-state index in [1.807, 2.05) is 38.1 Å². The summed E-state index contributed by atoms with van der Waals surface area (Å²) in [7, 11) is -3.84. The Morgan fingerprint density at radius 1 is 1.15 bits per heavy atom. The summed E-state index contributed by atoms with van der Waals surface area (Å²) in [5.74, 6) is -0.986. The lowest BCUT2D eigenvalue weighted by molar-refractivity contribution is 0.0696. The number of hydrogen-bond acceptors (Lipinski definition) is 4. The summed E-state index contributed by atoms with van der Waals surface area (Å²) in [6.45, 7) is 4.23. The highest BCUT2D eigenvalue weighted by Gasteiger charge is 2.29. The number of rotatable bonds is 6. The Morgan fingerprint density at radius 2 is 1.78 bits per heavy atom. The van der Waals surface area contributed by atoms with Crippen molar-refractivity contribution in [2.75, 3.05) is 10.8 Å². The number of thiophene rings is 1. The molecule has 0 atom stereocenters. The Bertz CT molecular complexity index is 1090. The van der Waals surface area contributed by atoms with Crippen molar-refractivity contribution in [2.45, 2.75) is 18.7 Å². The molecule has 27 heavy (non-hydrogen) atoms. The lowest BCUT2D eigenvalue weighted by Crippen LogP contribution is -2.34. The number of carboxylic acid groups (broad SMARTS) is 1. The molecular formula is C19H18BrNO4S2. The van der Waals surface area contributed by atoms with Crippen LogP contribution < -0.4 is 4.31 Å². The molecule has 3 rings (SSSR count). The molecule has 0 spiro atoms. The van der Waals surface area contributed by atoms with Crippen LogP contribution >= 0.6 is 27.3 Å². The van der Waals surface area contributed by atoms with Gasteiger partial charge in [-0.3, -0.25) is 4.31 Å². The Labute approximate surface area is 170 Å². The molecule has 0 aliphatic heterocycles. The largest absolute Gasteiger partial charge is 0.478 e. The van der Waals surface area contributed by atoms with Gasteiger partial charge in [-0.2, -0.15) is 0 Å². The zero-order chi connectivity index (χ0) is 19.8. The minimum Gasteiger partial charge on any atom is -0.478 e. The van der Waals surface area contributed by atoms with Crippen molar-refractivity contribution in [2.24, 2.45) is 5.92 Å². The highest BCUT2D eigenvalue weighted by molar-refractivity contribution is 9.10. The van der Waals surface area contributed by atoms with Gasteiger partial charge in [0.2, 0.25) is 0 Å². The maximum absolute atomic E-state index is 13.3. The molecule has 0 unspecified atom stereocenters. The molecular weight excluding hydrogens is 450 g/mol. The number of aromatic carboxylic acids is 1. The second-order valence-electron chi connectivity index (χ2n) is 6.48. The summed E-state index contributed by atoms with van der Waals surface area (Å²) in [6.07, 6.45) is 0. The SMILES string of the molecule is CC(C)CN(c1sc2ccccc2c1Br)S(=O)(=O)c1ccc(C(=O)O)cc1. The number of nitrogens with zero attached hydrogens (tertiary/aromatic N) is 1. The van der Waals surface area contributed by atoms with Crippen LogP contribution in [0, 0.1) is 5.92 Å². The fraction of sp³-hybridized carbons (Fsp3) is 0.211. The molecule has 0 aliphatic carbocycles. The zero-order valence-corrected chi connectivity index (χ0v) is 17.9. The van der Waals surface area contributed by atoms with E-state index >= 15 is 0 Å². The summed E-state index contributed by atoms with van der Waals surface area (Å²) < 4.78 is 29.8. The van der Waals surface area contributed by atoms with Crippen LogP contribution in [0.3, 0.4) is 0 Å². The molecule has 3 aromatic rings. The van der Waals surface area contributed by atoms with Crippen molar-refractivity contribution in [1.82, 2.24) is 0 Å². The van der Waals surface area contributed by atoms with Crippen molar-refractivity contribution < 1.29 is 18.3 Å². The average Bonchev–Trinajstić information content (AvgIpc) is 2.96. The van der Waals surface area contributed by atoms with E-state index in [1.54, 1.807) is 0 Å². The van der Waals surface area contributed by atoms with Crippen molar-refractivity contribution in [3.8, 4) is 0 Å². The van der Waals surface area contributed by atoms with Crippen LogP contribution in [0.15, 0.2) is 57.9 Å². The summed E-state index contributed by atoms with van der Waals surface area (Å²) in [5, 5.41) is 10.6. The predicted octanol–water partition coefficient (Wildman–Crippen LogP) is 5.21. The molecule has 8 heteroatoms. The number of carbonyl (C=O) groups is 1. The molecule has 1 heterocycles. The highest BCUT2D eigenvalue weighted by Crippen LogP contribution is 2.44. The van der Waals surface area contributed by atoms with Crippen LogP contribution in [-0.4, -0.2) is 26.0 Å². The summed E-state index contributed by atoms with van der Waals surface area (Å²) >= 11 is 4.97. The fourth-order valence-corrected chi connectivity index (χ4v) is 6.69. The molecule has 1 N–H and O–H groups in total. The minimum atomic E-state index is -3.84. The van der Waals surface area contributed by atoms with Gasteiger partial charge in [0.1, 0.15) is 5.00 Å².